The highest BCUT2D eigenvalue weighted by molar-refractivity contribution is 8.00. The average molecular weight is 299 g/mol. The smallest absolute Gasteiger partial charge is 0.254 e. The Hall–Kier alpha value is -0.870. The lowest BCUT2D eigenvalue weighted by molar-refractivity contribution is 0.0828. The van der Waals surface area contributed by atoms with Crippen LogP contribution in [-0.4, -0.2) is 41.9 Å². The number of thioether (sulfide) groups is 1. The number of carbonyl (C=O) groups is 1. The van der Waals surface area contributed by atoms with Gasteiger partial charge in [0.2, 0.25) is 0 Å². The normalized spacial score (nSPS) is 22.3. The maximum absolute atomic E-state index is 12.0. The molecule has 1 amide bonds. The number of hydrogen-bond acceptors (Lipinski definition) is 3. The molecule has 1 saturated heterocycles. The fourth-order valence-electron chi connectivity index (χ4n) is 2.17. The summed E-state index contributed by atoms with van der Waals surface area (Å²) >= 11 is 8.07. The van der Waals surface area contributed by atoms with Crippen LogP contribution >= 0.6 is 23.4 Å². The lowest BCUT2D eigenvalue weighted by Crippen LogP contribution is -2.23. The predicted molar refractivity (Wildman–Crippen MR) is 83.4 cm³/mol. The highest BCUT2D eigenvalue weighted by Gasteiger charge is 2.22. The molecule has 0 radical (unpaired) electrons. The number of nitrogens with one attached hydrogen (secondary N) is 1. The summed E-state index contributed by atoms with van der Waals surface area (Å²) in [6.45, 7) is 2.25. The number of nitrogens with zero attached hydrogens (tertiary/aromatic N) is 1. The van der Waals surface area contributed by atoms with Crippen LogP contribution in [-0.2, 0) is 0 Å². The molecule has 1 aromatic carbocycles. The number of carbonyl (C=O) groups excluding carboxylic acids is 1. The zero-order valence-electron chi connectivity index (χ0n) is 11.4. The van der Waals surface area contributed by atoms with Gasteiger partial charge in [0.05, 0.1) is 10.6 Å². The SMILES string of the molecule is CC1CC(Nc2ccc(Cl)c(C(=O)N(C)C)c2)CS1. The minimum Gasteiger partial charge on any atom is -0.381 e. The van der Waals surface area contributed by atoms with Gasteiger partial charge in [-0.2, -0.15) is 11.8 Å². The number of benzene rings is 1. The van der Waals surface area contributed by atoms with Gasteiger partial charge >= 0.3 is 0 Å². The number of rotatable bonds is 3. The Kier molecular flexibility index (Phi) is 4.63. The van der Waals surface area contributed by atoms with Crippen molar-refractivity contribution < 1.29 is 4.79 Å². The molecule has 3 nitrogen and oxygen atoms in total. The van der Waals surface area contributed by atoms with Crippen molar-refractivity contribution in [1.82, 2.24) is 4.90 Å². The lowest BCUT2D eigenvalue weighted by Gasteiger charge is -2.16. The van der Waals surface area contributed by atoms with E-state index in [4.69, 9.17) is 11.6 Å². The standard InChI is InChI=1S/C14H19ClN2OS/c1-9-6-11(8-19-9)16-10-4-5-13(15)12(7-10)14(18)17(2)3/h4-5,7,9,11,16H,6,8H2,1-3H3. The third-order valence-corrected chi connectivity index (χ3v) is 4.86. The van der Waals surface area contributed by atoms with Crippen molar-refractivity contribution >= 4 is 35.0 Å². The van der Waals surface area contributed by atoms with Crippen molar-refractivity contribution in [3.05, 3.63) is 28.8 Å². The molecule has 0 aliphatic carbocycles. The van der Waals surface area contributed by atoms with Crippen LogP contribution in [0.1, 0.15) is 23.7 Å². The summed E-state index contributed by atoms with van der Waals surface area (Å²) in [4.78, 5) is 13.6. The van der Waals surface area contributed by atoms with Crippen LogP contribution in [0.15, 0.2) is 18.2 Å². The first-order valence-electron chi connectivity index (χ1n) is 6.36. The summed E-state index contributed by atoms with van der Waals surface area (Å²) in [5, 5.41) is 4.68. The largest absolute Gasteiger partial charge is 0.381 e. The number of hydrogen-bond donors (Lipinski definition) is 1. The molecule has 0 aromatic heterocycles. The summed E-state index contributed by atoms with van der Waals surface area (Å²) in [6, 6.07) is 6.04. The maximum Gasteiger partial charge on any atom is 0.254 e. The topological polar surface area (TPSA) is 32.3 Å². The highest BCUT2D eigenvalue weighted by Crippen LogP contribution is 2.29. The van der Waals surface area contributed by atoms with Crippen molar-refractivity contribution in [2.45, 2.75) is 24.6 Å². The van der Waals surface area contributed by atoms with Gasteiger partial charge in [0, 0.05) is 36.8 Å². The molecule has 2 atom stereocenters. The maximum atomic E-state index is 12.0. The van der Waals surface area contributed by atoms with Gasteiger partial charge in [-0.05, 0) is 24.6 Å². The molecular formula is C14H19ClN2OS. The quantitative estimate of drug-likeness (QED) is 0.929. The molecule has 2 rings (SSSR count). The van der Waals surface area contributed by atoms with Gasteiger partial charge in [-0.15, -0.1) is 0 Å². The van der Waals surface area contributed by atoms with Crippen LogP contribution < -0.4 is 5.32 Å². The fourth-order valence-corrected chi connectivity index (χ4v) is 3.52. The van der Waals surface area contributed by atoms with E-state index in [-0.39, 0.29) is 5.91 Å². The number of anilines is 1. The van der Waals surface area contributed by atoms with E-state index in [9.17, 15) is 4.79 Å². The molecule has 0 bridgehead atoms. The molecule has 1 fully saturated rings. The van der Waals surface area contributed by atoms with Crippen molar-refractivity contribution in [2.24, 2.45) is 0 Å². The van der Waals surface area contributed by atoms with Gasteiger partial charge < -0.3 is 10.2 Å². The molecule has 104 valence electrons. The molecule has 0 spiro atoms. The number of halogens is 1. The Bertz CT molecular complexity index is 479. The highest BCUT2D eigenvalue weighted by atomic mass is 35.5. The second-order valence-electron chi connectivity index (χ2n) is 5.12. The molecule has 2 unspecified atom stereocenters. The third-order valence-electron chi connectivity index (χ3n) is 3.17. The lowest BCUT2D eigenvalue weighted by atomic mass is 10.1. The van der Waals surface area contributed by atoms with Crippen LogP contribution in [0.3, 0.4) is 0 Å². The van der Waals surface area contributed by atoms with Crippen molar-refractivity contribution in [3.63, 3.8) is 0 Å². The van der Waals surface area contributed by atoms with Crippen molar-refractivity contribution in [2.75, 3.05) is 25.2 Å². The van der Waals surface area contributed by atoms with E-state index in [1.165, 1.54) is 0 Å². The van der Waals surface area contributed by atoms with Gasteiger partial charge in [-0.1, -0.05) is 18.5 Å². The Balaban J connectivity index is 2.14. The fraction of sp³-hybridized carbons (Fsp3) is 0.500. The minimum absolute atomic E-state index is 0.0668. The van der Waals surface area contributed by atoms with E-state index in [2.05, 4.69) is 12.2 Å². The Labute approximate surface area is 123 Å². The molecular weight excluding hydrogens is 280 g/mol. The Morgan fingerprint density at radius 1 is 1.47 bits per heavy atom. The monoisotopic (exact) mass is 298 g/mol. The van der Waals surface area contributed by atoms with E-state index < -0.39 is 0 Å². The second-order valence-corrected chi connectivity index (χ2v) is 6.99. The molecule has 19 heavy (non-hydrogen) atoms. The average Bonchev–Trinajstić information content (AvgIpc) is 2.76. The van der Waals surface area contributed by atoms with Crippen LogP contribution in [0.5, 0.6) is 0 Å². The van der Waals surface area contributed by atoms with E-state index in [0.717, 1.165) is 17.9 Å². The number of amides is 1. The Morgan fingerprint density at radius 2 is 2.21 bits per heavy atom. The molecule has 1 N–H and O–H groups in total. The van der Waals surface area contributed by atoms with Crippen molar-refractivity contribution in [3.8, 4) is 0 Å². The van der Waals surface area contributed by atoms with Crippen molar-refractivity contribution in [1.29, 1.82) is 0 Å². The van der Waals surface area contributed by atoms with Crippen LogP contribution in [0, 0.1) is 0 Å². The molecule has 5 heteroatoms. The van der Waals surface area contributed by atoms with E-state index in [1.807, 2.05) is 23.9 Å². The van der Waals surface area contributed by atoms with E-state index >= 15 is 0 Å². The molecule has 0 saturated carbocycles. The molecule has 1 aliphatic heterocycles. The molecule has 1 aliphatic rings. The summed E-state index contributed by atoms with van der Waals surface area (Å²) in [6.07, 6.45) is 1.16. The van der Waals surface area contributed by atoms with Crippen LogP contribution in [0.4, 0.5) is 5.69 Å². The van der Waals surface area contributed by atoms with E-state index in [1.54, 1.807) is 25.1 Å². The van der Waals surface area contributed by atoms with Gasteiger partial charge in [0.25, 0.3) is 5.91 Å². The molecule has 1 heterocycles. The van der Waals surface area contributed by atoms with E-state index in [0.29, 0.717) is 21.9 Å². The third kappa shape index (κ3) is 3.57. The zero-order valence-corrected chi connectivity index (χ0v) is 13.0. The summed E-state index contributed by atoms with van der Waals surface area (Å²) < 4.78 is 0. The second kappa shape index (κ2) is 6.06. The summed E-state index contributed by atoms with van der Waals surface area (Å²) in [5.74, 6) is 1.05. The Morgan fingerprint density at radius 3 is 2.79 bits per heavy atom. The van der Waals surface area contributed by atoms with Gasteiger partial charge in [0.15, 0.2) is 0 Å². The molecule has 1 aromatic rings. The first-order chi connectivity index (χ1) is 8.97. The van der Waals surface area contributed by atoms with Crippen LogP contribution in [0.2, 0.25) is 5.02 Å². The van der Waals surface area contributed by atoms with Gasteiger partial charge in [-0.25, -0.2) is 0 Å². The summed E-state index contributed by atoms with van der Waals surface area (Å²) in [7, 11) is 3.46. The first kappa shape index (κ1) is 14.5. The first-order valence-corrected chi connectivity index (χ1v) is 7.79. The summed E-state index contributed by atoms with van der Waals surface area (Å²) in [5.41, 5.74) is 1.52. The van der Waals surface area contributed by atoms with Crippen LogP contribution in [0.25, 0.3) is 0 Å². The van der Waals surface area contributed by atoms with Gasteiger partial charge in [-0.3, -0.25) is 4.79 Å². The predicted octanol–water partition coefficient (Wildman–Crippen LogP) is 3.35. The van der Waals surface area contributed by atoms with Gasteiger partial charge in [0.1, 0.15) is 0 Å². The minimum atomic E-state index is -0.0668. The zero-order chi connectivity index (χ0) is 14.0.